The first-order valence-corrected chi connectivity index (χ1v) is 9.42. The third kappa shape index (κ3) is 5.30. The van der Waals surface area contributed by atoms with Gasteiger partial charge < -0.3 is 10.6 Å². The molecule has 0 bridgehead atoms. The minimum absolute atomic E-state index is 0.126. The maximum absolute atomic E-state index is 12.4. The lowest BCUT2D eigenvalue weighted by Crippen LogP contribution is -2.24. The Hall–Kier alpha value is -3.40. The minimum Gasteiger partial charge on any atom is -0.352 e. The van der Waals surface area contributed by atoms with Crippen molar-refractivity contribution < 1.29 is 9.59 Å². The molecule has 3 aromatic carbocycles. The molecule has 4 heteroatoms. The van der Waals surface area contributed by atoms with Crippen molar-refractivity contribution in [2.45, 2.75) is 19.8 Å². The zero-order valence-corrected chi connectivity index (χ0v) is 15.9. The Balaban J connectivity index is 1.49. The summed E-state index contributed by atoms with van der Waals surface area (Å²) < 4.78 is 0. The average Bonchev–Trinajstić information content (AvgIpc) is 2.73. The van der Waals surface area contributed by atoms with Crippen molar-refractivity contribution in [3.63, 3.8) is 0 Å². The SMILES string of the molecule is Cc1ccccc1NC(=O)c1ccc(C(=O)NCCCc2ccccc2)cc1. The van der Waals surface area contributed by atoms with E-state index < -0.39 is 0 Å². The number of hydrogen-bond acceptors (Lipinski definition) is 2. The molecule has 0 atom stereocenters. The van der Waals surface area contributed by atoms with Crippen LogP contribution in [0.15, 0.2) is 78.9 Å². The van der Waals surface area contributed by atoms with Crippen LogP contribution >= 0.6 is 0 Å². The predicted octanol–water partition coefficient (Wildman–Crippen LogP) is 4.61. The van der Waals surface area contributed by atoms with Crippen LogP contribution in [0.25, 0.3) is 0 Å². The summed E-state index contributed by atoms with van der Waals surface area (Å²) in [5, 5.41) is 5.82. The summed E-state index contributed by atoms with van der Waals surface area (Å²) in [5.74, 6) is -0.317. The van der Waals surface area contributed by atoms with E-state index in [-0.39, 0.29) is 11.8 Å². The Kier molecular flexibility index (Phi) is 6.58. The van der Waals surface area contributed by atoms with Crippen LogP contribution in [-0.4, -0.2) is 18.4 Å². The van der Waals surface area contributed by atoms with Gasteiger partial charge in [-0.1, -0.05) is 48.5 Å². The highest BCUT2D eigenvalue weighted by molar-refractivity contribution is 6.05. The standard InChI is InChI=1S/C24H24N2O2/c1-18-8-5-6-12-22(18)26-24(28)21-15-13-20(14-16-21)23(27)25-17-7-11-19-9-3-2-4-10-19/h2-6,8-10,12-16H,7,11,17H2,1H3,(H,25,27)(H,26,28). The highest BCUT2D eigenvalue weighted by Gasteiger charge is 2.10. The number of nitrogens with one attached hydrogen (secondary N) is 2. The second-order valence-electron chi connectivity index (χ2n) is 6.69. The summed E-state index contributed by atoms with van der Waals surface area (Å²) in [4.78, 5) is 24.6. The maximum atomic E-state index is 12.4. The van der Waals surface area contributed by atoms with Crippen LogP contribution in [0.3, 0.4) is 0 Å². The Morgan fingerprint density at radius 1 is 0.750 bits per heavy atom. The van der Waals surface area contributed by atoms with Crippen molar-refractivity contribution in [3.8, 4) is 0 Å². The van der Waals surface area contributed by atoms with Crippen molar-refractivity contribution in [2.75, 3.05) is 11.9 Å². The van der Waals surface area contributed by atoms with Gasteiger partial charge in [0.25, 0.3) is 11.8 Å². The lowest BCUT2D eigenvalue weighted by molar-refractivity contribution is 0.0951. The Bertz CT molecular complexity index is 934. The number of para-hydroxylation sites is 1. The number of benzene rings is 3. The van der Waals surface area contributed by atoms with E-state index >= 15 is 0 Å². The second-order valence-corrected chi connectivity index (χ2v) is 6.69. The van der Waals surface area contributed by atoms with Gasteiger partial charge in [0.1, 0.15) is 0 Å². The lowest BCUT2D eigenvalue weighted by Gasteiger charge is -2.09. The molecule has 3 rings (SSSR count). The number of carbonyl (C=O) groups excluding carboxylic acids is 2. The van der Waals surface area contributed by atoms with Crippen LogP contribution in [0.5, 0.6) is 0 Å². The van der Waals surface area contributed by atoms with Gasteiger partial charge in [-0.3, -0.25) is 9.59 Å². The van der Waals surface area contributed by atoms with Crippen LogP contribution in [-0.2, 0) is 6.42 Å². The normalized spacial score (nSPS) is 10.3. The van der Waals surface area contributed by atoms with Crippen LogP contribution in [0.4, 0.5) is 5.69 Å². The van der Waals surface area contributed by atoms with Crippen molar-refractivity contribution >= 4 is 17.5 Å². The van der Waals surface area contributed by atoms with Gasteiger partial charge >= 0.3 is 0 Å². The Labute approximate surface area is 165 Å². The first-order valence-electron chi connectivity index (χ1n) is 9.42. The van der Waals surface area contributed by atoms with Crippen molar-refractivity contribution in [3.05, 3.63) is 101 Å². The average molecular weight is 372 g/mol. The van der Waals surface area contributed by atoms with Crippen LogP contribution in [0.1, 0.15) is 38.3 Å². The quantitative estimate of drug-likeness (QED) is 0.595. The Morgan fingerprint density at radius 3 is 2.04 bits per heavy atom. The molecule has 0 saturated heterocycles. The van der Waals surface area contributed by atoms with Gasteiger partial charge in [0.2, 0.25) is 0 Å². The molecule has 4 nitrogen and oxygen atoms in total. The summed E-state index contributed by atoms with van der Waals surface area (Å²) >= 11 is 0. The molecular formula is C24H24N2O2. The van der Waals surface area contributed by atoms with Crippen molar-refractivity contribution in [2.24, 2.45) is 0 Å². The molecule has 28 heavy (non-hydrogen) atoms. The number of carbonyl (C=O) groups is 2. The molecule has 0 aromatic heterocycles. The molecule has 0 fully saturated rings. The van der Waals surface area contributed by atoms with Gasteiger partial charge in [0, 0.05) is 23.4 Å². The molecule has 2 N–H and O–H groups in total. The van der Waals surface area contributed by atoms with E-state index in [9.17, 15) is 9.59 Å². The molecule has 0 radical (unpaired) electrons. The molecule has 142 valence electrons. The molecule has 0 unspecified atom stereocenters. The van der Waals surface area contributed by atoms with Gasteiger partial charge in [0.15, 0.2) is 0 Å². The number of amides is 2. The van der Waals surface area contributed by atoms with Gasteiger partial charge in [0.05, 0.1) is 0 Å². The summed E-state index contributed by atoms with van der Waals surface area (Å²) in [6.07, 6.45) is 1.81. The van der Waals surface area contributed by atoms with Gasteiger partial charge in [-0.05, 0) is 61.2 Å². The van der Waals surface area contributed by atoms with E-state index in [4.69, 9.17) is 0 Å². The summed E-state index contributed by atoms with van der Waals surface area (Å²) in [6.45, 7) is 2.56. The number of hydrogen-bond donors (Lipinski definition) is 2. The molecule has 3 aromatic rings. The van der Waals surface area contributed by atoms with E-state index in [1.54, 1.807) is 24.3 Å². The first-order chi connectivity index (χ1) is 13.6. The monoisotopic (exact) mass is 372 g/mol. The summed E-state index contributed by atoms with van der Waals surface area (Å²) in [6, 6.07) is 24.5. The van der Waals surface area contributed by atoms with E-state index in [1.807, 2.05) is 49.4 Å². The first kappa shape index (κ1) is 19.4. The largest absolute Gasteiger partial charge is 0.352 e. The second kappa shape index (κ2) is 9.51. The van der Waals surface area contributed by atoms with Crippen LogP contribution in [0.2, 0.25) is 0 Å². The summed E-state index contributed by atoms with van der Waals surface area (Å²) in [7, 11) is 0. The molecule has 0 aliphatic heterocycles. The van der Waals surface area contributed by atoms with E-state index in [1.165, 1.54) is 5.56 Å². The van der Waals surface area contributed by atoms with Gasteiger partial charge in [-0.25, -0.2) is 0 Å². The predicted molar refractivity (Wildman–Crippen MR) is 113 cm³/mol. The van der Waals surface area contributed by atoms with E-state index in [0.717, 1.165) is 24.1 Å². The minimum atomic E-state index is -0.191. The summed E-state index contributed by atoms with van der Waals surface area (Å²) in [5.41, 5.74) is 4.12. The number of aryl methyl sites for hydroxylation is 2. The highest BCUT2D eigenvalue weighted by Crippen LogP contribution is 2.15. The molecule has 0 aliphatic rings. The molecule has 0 saturated carbocycles. The highest BCUT2D eigenvalue weighted by atomic mass is 16.2. The molecule has 0 heterocycles. The number of rotatable bonds is 7. The van der Waals surface area contributed by atoms with E-state index in [2.05, 4.69) is 22.8 Å². The molecule has 0 aliphatic carbocycles. The Morgan fingerprint density at radius 2 is 1.36 bits per heavy atom. The van der Waals surface area contributed by atoms with Crippen molar-refractivity contribution in [1.82, 2.24) is 5.32 Å². The van der Waals surface area contributed by atoms with E-state index in [0.29, 0.717) is 17.7 Å². The third-order valence-corrected chi connectivity index (χ3v) is 4.57. The molecule has 0 spiro atoms. The fourth-order valence-corrected chi connectivity index (χ4v) is 2.92. The maximum Gasteiger partial charge on any atom is 0.255 e. The lowest BCUT2D eigenvalue weighted by atomic mass is 10.1. The number of anilines is 1. The van der Waals surface area contributed by atoms with Gasteiger partial charge in [-0.2, -0.15) is 0 Å². The van der Waals surface area contributed by atoms with Crippen LogP contribution in [0, 0.1) is 6.92 Å². The zero-order valence-electron chi connectivity index (χ0n) is 15.9. The topological polar surface area (TPSA) is 58.2 Å². The molecule has 2 amide bonds. The van der Waals surface area contributed by atoms with Gasteiger partial charge in [-0.15, -0.1) is 0 Å². The molecular weight excluding hydrogens is 348 g/mol. The van der Waals surface area contributed by atoms with Crippen molar-refractivity contribution in [1.29, 1.82) is 0 Å². The third-order valence-electron chi connectivity index (χ3n) is 4.57. The zero-order chi connectivity index (χ0) is 19.8. The fourth-order valence-electron chi connectivity index (χ4n) is 2.92. The fraction of sp³-hybridized carbons (Fsp3) is 0.167. The smallest absolute Gasteiger partial charge is 0.255 e. The van der Waals surface area contributed by atoms with Crippen LogP contribution < -0.4 is 10.6 Å².